The lowest BCUT2D eigenvalue weighted by molar-refractivity contribution is 0.362. The Labute approximate surface area is 120 Å². The summed E-state index contributed by atoms with van der Waals surface area (Å²) >= 11 is 0. The van der Waals surface area contributed by atoms with E-state index < -0.39 is 0 Å². The van der Waals surface area contributed by atoms with Gasteiger partial charge in [0.1, 0.15) is 0 Å². The number of aromatic nitrogens is 2. The number of nitrogens with zero attached hydrogens (tertiary/aromatic N) is 2. The Bertz CT molecular complexity index is 520. The second-order valence-electron chi connectivity index (χ2n) is 5.60. The predicted octanol–water partition coefficient (Wildman–Crippen LogP) is 3.07. The van der Waals surface area contributed by atoms with Crippen LogP contribution in [0.3, 0.4) is 0 Å². The van der Waals surface area contributed by atoms with E-state index in [4.69, 9.17) is 10.3 Å². The highest BCUT2D eigenvalue weighted by molar-refractivity contribution is 5.30. The van der Waals surface area contributed by atoms with Crippen molar-refractivity contribution in [3.63, 3.8) is 0 Å². The van der Waals surface area contributed by atoms with Crippen LogP contribution in [0.5, 0.6) is 0 Å². The molecule has 0 fully saturated rings. The third-order valence-corrected chi connectivity index (χ3v) is 3.62. The lowest BCUT2D eigenvalue weighted by Crippen LogP contribution is -2.20. The normalized spacial score (nSPS) is 11.8. The van der Waals surface area contributed by atoms with Gasteiger partial charge in [-0.25, -0.2) is 0 Å². The number of rotatable bonds is 7. The van der Waals surface area contributed by atoms with Crippen LogP contribution in [0, 0.1) is 0 Å². The maximum absolute atomic E-state index is 5.48. The first-order chi connectivity index (χ1) is 9.64. The number of unbranched alkanes of at least 4 members (excludes halogenated alkanes) is 2. The van der Waals surface area contributed by atoms with Gasteiger partial charge in [0.05, 0.1) is 5.41 Å². The van der Waals surface area contributed by atoms with Gasteiger partial charge in [-0.15, -0.1) is 0 Å². The molecule has 0 atom stereocenters. The minimum atomic E-state index is -0.236. The summed E-state index contributed by atoms with van der Waals surface area (Å²) in [5.41, 5.74) is 6.44. The van der Waals surface area contributed by atoms with Crippen LogP contribution in [0.25, 0.3) is 0 Å². The van der Waals surface area contributed by atoms with Crippen LogP contribution in [0.15, 0.2) is 34.9 Å². The number of hydrogen-bond acceptors (Lipinski definition) is 4. The number of hydrogen-bond donors (Lipinski definition) is 1. The zero-order valence-corrected chi connectivity index (χ0v) is 12.3. The summed E-state index contributed by atoms with van der Waals surface area (Å²) < 4.78 is 5.36. The molecule has 0 saturated heterocycles. The van der Waals surface area contributed by atoms with E-state index in [1.807, 2.05) is 18.2 Å². The van der Waals surface area contributed by atoms with Crippen molar-refractivity contribution in [2.45, 2.75) is 44.9 Å². The van der Waals surface area contributed by atoms with Crippen LogP contribution in [-0.4, -0.2) is 16.7 Å². The molecule has 0 aliphatic rings. The third kappa shape index (κ3) is 3.45. The van der Waals surface area contributed by atoms with Crippen LogP contribution in [0.4, 0.5) is 0 Å². The zero-order valence-electron chi connectivity index (χ0n) is 12.3. The fourth-order valence-corrected chi connectivity index (χ4v) is 2.19. The summed E-state index contributed by atoms with van der Waals surface area (Å²) in [4.78, 5) is 4.55. The molecule has 1 aromatic carbocycles. The van der Waals surface area contributed by atoms with Crippen molar-refractivity contribution in [1.82, 2.24) is 10.1 Å². The SMILES string of the molecule is CC(C)(c1ccccc1)c1noc(CCCCCN)n1. The fourth-order valence-electron chi connectivity index (χ4n) is 2.19. The molecular formula is C16H23N3O. The zero-order chi connectivity index (χ0) is 14.4. The van der Waals surface area contributed by atoms with E-state index in [-0.39, 0.29) is 5.41 Å². The van der Waals surface area contributed by atoms with Crippen molar-refractivity contribution in [3.05, 3.63) is 47.6 Å². The molecule has 0 spiro atoms. The Morgan fingerprint density at radius 1 is 1.10 bits per heavy atom. The van der Waals surface area contributed by atoms with Gasteiger partial charge in [0, 0.05) is 6.42 Å². The maximum Gasteiger partial charge on any atom is 0.226 e. The van der Waals surface area contributed by atoms with Crippen molar-refractivity contribution in [1.29, 1.82) is 0 Å². The molecule has 2 aromatic rings. The molecular weight excluding hydrogens is 250 g/mol. The summed E-state index contributed by atoms with van der Waals surface area (Å²) in [7, 11) is 0. The molecule has 108 valence electrons. The number of nitrogens with two attached hydrogens (primary N) is 1. The number of aryl methyl sites for hydroxylation is 1. The van der Waals surface area contributed by atoms with Crippen LogP contribution >= 0.6 is 0 Å². The molecule has 1 aromatic heterocycles. The largest absolute Gasteiger partial charge is 0.339 e. The average Bonchev–Trinajstić information content (AvgIpc) is 2.94. The summed E-state index contributed by atoms with van der Waals surface area (Å²) in [5.74, 6) is 1.47. The van der Waals surface area contributed by atoms with E-state index in [2.05, 4.69) is 36.1 Å². The minimum absolute atomic E-state index is 0.236. The van der Waals surface area contributed by atoms with Gasteiger partial charge in [-0.2, -0.15) is 4.98 Å². The topological polar surface area (TPSA) is 64.9 Å². The smallest absolute Gasteiger partial charge is 0.226 e. The molecule has 0 amide bonds. The van der Waals surface area contributed by atoms with E-state index in [0.29, 0.717) is 0 Å². The highest BCUT2D eigenvalue weighted by atomic mass is 16.5. The fraction of sp³-hybridized carbons (Fsp3) is 0.500. The van der Waals surface area contributed by atoms with Crippen LogP contribution in [-0.2, 0) is 11.8 Å². The van der Waals surface area contributed by atoms with E-state index in [0.717, 1.165) is 43.9 Å². The van der Waals surface area contributed by atoms with Gasteiger partial charge in [-0.05, 0) is 38.8 Å². The highest BCUT2D eigenvalue weighted by Gasteiger charge is 2.28. The van der Waals surface area contributed by atoms with Crippen LogP contribution in [0.2, 0.25) is 0 Å². The van der Waals surface area contributed by atoms with Gasteiger partial charge < -0.3 is 10.3 Å². The molecule has 2 N–H and O–H groups in total. The Morgan fingerprint density at radius 2 is 1.85 bits per heavy atom. The monoisotopic (exact) mass is 273 g/mol. The lowest BCUT2D eigenvalue weighted by Gasteiger charge is -2.20. The summed E-state index contributed by atoms with van der Waals surface area (Å²) in [5, 5.41) is 4.15. The molecule has 0 aliphatic carbocycles. The molecule has 0 saturated carbocycles. The Balaban J connectivity index is 2.04. The molecule has 4 nitrogen and oxygen atoms in total. The predicted molar refractivity (Wildman–Crippen MR) is 79.5 cm³/mol. The summed E-state index contributed by atoms with van der Waals surface area (Å²) in [6.07, 6.45) is 4.04. The van der Waals surface area contributed by atoms with Gasteiger partial charge in [0.15, 0.2) is 5.82 Å². The van der Waals surface area contributed by atoms with E-state index in [1.165, 1.54) is 5.56 Å². The molecule has 0 bridgehead atoms. The summed E-state index contributed by atoms with van der Waals surface area (Å²) in [6.45, 7) is 4.98. The molecule has 4 heteroatoms. The molecule has 0 unspecified atom stereocenters. The summed E-state index contributed by atoms with van der Waals surface area (Å²) in [6, 6.07) is 10.3. The molecule has 0 aliphatic heterocycles. The average molecular weight is 273 g/mol. The van der Waals surface area contributed by atoms with E-state index >= 15 is 0 Å². The second-order valence-corrected chi connectivity index (χ2v) is 5.60. The van der Waals surface area contributed by atoms with Gasteiger partial charge in [0.25, 0.3) is 0 Å². The minimum Gasteiger partial charge on any atom is -0.339 e. The standard InChI is InChI=1S/C16H23N3O/c1-16(2,13-9-5-3-6-10-13)15-18-14(20-19-15)11-7-4-8-12-17/h3,5-6,9-10H,4,7-8,11-12,17H2,1-2H3. The maximum atomic E-state index is 5.48. The molecule has 0 radical (unpaired) electrons. The quantitative estimate of drug-likeness (QED) is 0.787. The van der Waals surface area contributed by atoms with E-state index in [9.17, 15) is 0 Å². The van der Waals surface area contributed by atoms with Gasteiger partial charge >= 0.3 is 0 Å². The number of benzene rings is 1. The third-order valence-electron chi connectivity index (χ3n) is 3.62. The first-order valence-corrected chi connectivity index (χ1v) is 7.23. The van der Waals surface area contributed by atoms with Gasteiger partial charge in [0.2, 0.25) is 5.89 Å². The van der Waals surface area contributed by atoms with E-state index in [1.54, 1.807) is 0 Å². The van der Waals surface area contributed by atoms with Crippen molar-refractivity contribution < 1.29 is 4.52 Å². The molecule has 20 heavy (non-hydrogen) atoms. The molecule has 2 rings (SSSR count). The Hall–Kier alpha value is -1.68. The Morgan fingerprint density at radius 3 is 2.55 bits per heavy atom. The van der Waals surface area contributed by atoms with Gasteiger partial charge in [-0.1, -0.05) is 41.9 Å². The Kier molecular flexibility index (Phi) is 4.90. The second kappa shape index (κ2) is 6.66. The van der Waals surface area contributed by atoms with Gasteiger partial charge in [-0.3, -0.25) is 0 Å². The lowest BCUT2D eigenvalue weighted by atomic mass is 9.84. The highest BCUT2D eigenvalue weighted by Crippen LogP contribution is 2.29. The van der Waals surface area contributed by atoms with Crippen molar-refractivity contribution in [3.8, 4) is 0 Å². The molecule has 1 heterocycles. The van der Waals surface area contributed by atoms with Crippen LogP contribution in [0.1, 0.15) is 50.4 Å². The van der Waals surface area contributed by atoms with Crippen LogP contribution < -0.4 is 5.73 Å². The van der Waals surface area contributed by atoms with Crippen molar-refractivity contribution >= 4 is 0 Å². The first-order valence-electron chi connectivity index (χ1n) is 7.23. The van der Waals surface area contributed by atoms with Crippen molar-refractivity contribution in [2.75, 3.05) is 6.54 Å². The van der Waals surface area contributed by atoms with Crippen molar-refractivity contribution in [2.24, 2.45) is 5.73 Å². The first kappa shape index (κ1) is 14.7.